The Balaban J connectivity index is 1.92. The van der Waals surface area contributed by atoms with Crippen molar-refractivity contribution >= 4 is 29.0 Å². The highest BCUT2D eigenvalue weighted by molar-refractivity contribution is 7.16. The number of anilines is 2. The van der Waals surface area contributed by atoms with E-state index < -0.39 is 0 Å². The zero-order valence-corrected chi connectivity index (χ0v) is 13.3. The minimum Gasteiger partial charge on any atom is -0.324 e. The van der Waals surface area contributed by atoms with Crippen LogP contribution in [-0.2, 0) is 0 Å². The summed E-state index contributed by atoms with van der Waals surface area (Å²) in [6, 6.07) is 10.0. The van der Waals surface area contributed by atoms with Gasteiger partial charge >= 0.3 is 0 Å². The number of rotatable bonds is 4. The van der Waals surface area contributed by atoms with Crippen LogP contribution in [0.5, 0.6) is 0 Å². The normalized spacial score (nSPS) is 10.5. The molecule has 22 heavy (non-hydrogen) atoms. The molecule has 2 heterocycles. The second-order valence-electron chi connectivity index (χ2n) is 4.93. The van der Waals surface area contributed by atoms with Crippen molar-refractivity contribution in [3.8, 4) is 10.6 Å². The predicted molar refractivity (Wildman–Crippen MR) is 92.4 cm³/mol. The maximum absolute atomic E-state index is 4.59. The van der Waals surface area contributed by atoms with Crippen LogP contribution in [-0.4, -0.2) is 15.0 Å². The van der Waals surface area contributed by atoms with Gasteiger partial charge in [-0.1, -0.05) is 18.7 Å². The van der Waals surface area contributed by atoms with Crippen molar-refractivity contribution in [3.63, 3.8) is 0 Å². The lowest BCUT2D eigenvalue weighted by Crippen LogP contribution is -1.97. The zero-order chi connectivity index (χ0) is 15.5. The van der Waals surface area contributed by atoms with Gasteiger partial charge in [-0.2, -0.15) is 0 Å². The van der Waals surface area contributed by atoms with Gasteiger partial charge in [0.1, 0.15) is 5.01 Å². The minimum absolute atomic E-state index is 0.580. The van der Waals surface area contributed by atoms with Crippen molar-refractivity contribution in [3.05, 3.63) is 59.4 Å². The van der Waals surface area contributed by atoms with E-state index in [4.69, 9.17) is 0 Å². The quantitative estimate of drug-likeness (QED) is 0.765. The van der Waals surface area contributed by atoms with Gasteiger partial charge in [0.2, 0.25) is 5.95 Å². The highest BCUT2D eigenvalue weighted by Gasteiger charge is 2.10. The Morgan fingerprint density at radius 1 is 1.18 bits per heavy atom. The summed E-state index contributed by atoms with van der Waals surface area (Å²) < 4.78 is 0. The first-order chi connectivity index (χ1) is 10.7. The summed E-state index contributed by atoms with van der Waals surface area (Å²) in [5, 5.41) is 4.14. The van der Waals surface area contributed by atoms with Gasteiger partial charge in [-0.15, -0.1) is 11.3 Å². The van der Waals surface area contributed by atoms with Crippen molar-refractivity contribution in [2.24, 2.45) is 0 Å². The molecule has 0 spiro atoms. The number of hydrogen-bond donors (Lipinski definition) is 1. The number of benzene rings is 1. The van der Waals surface area contributed by atoms with Crippen molar-refractivity contribution in [2.75, 3.05) is 5.32 Å². The van der Waals surface area contributed by atoms with Crippen LogP contribution >= 0.6 is 11.3 Å². The van der Waals surface area contributed by atoms with Gasteiger partial charge in [0.05, 0.1) is 16.3 Å². The van der Waals surface area contributed by atoms with E-state index in [-0.39, 0.29) is 0 Å². The molecule has 0 atom stereocenters. The number of hydrogen-bond acceptors (Lipinski definition) is 5. The van der Waals surface area contributed by atoms with E-state index in [1.807, 2.05) is 25.1 Å². The maximum Gasteiger partial charge on any atom is 0.227 e. The monoisotopic (exact) mass is 308 g/mol. The molecular formula is C17H16N4S. The molecule has 0 aliphatic heterocycles. The van der Waals surface area contributed by atoms with E-state index in [1.54, 1.807) is 23.6 Å². The van der Waals surface area contributed by atoms with Gasteiger partial charge in [0.15, 0.2) is 0 Å². The van der Waals surface area contributed by atoms with Gasteiger partial charge in [0.25, 0.3) is 0 Å². The fourth-order valence-corrected chi connectivity index (χ4v) is 3.03. The molecular weight excluding hydrogens is 292 g/mol. The summed E-state index contributed by atoms with van der Waals surface area (Å²) >= 11 is 1.58. The average Bonchev–Trinajstić information content (AvgIpc) is 2.89. The highest BCUT2D eigenvalue weighted by atomic mass is 32.1. The highest BCUT2D eigenvalue weighted by Crippen LogP contribution is 2.29. The second kappa shape index (κ2) is 6.07. The molecule has 1 aromatic carbocycles. The summed E-state index contributed by atoms with van der Waals surface area (Å²) in [6.45, 7) is 7.80. The second-order valence-corrected chi connectivity index (χ2v) is 5.96. The van der Waals surface area contributed by atoms with Gasteiger partial charge in [-0.3, -0.25) is 0 Å². The van der Waals surface area contributed by atoms with E-state index >= 15 is 0 Å². The lowest BCUT2D eigenvalue weighted by atomic mass is 10.2. The largest absolute Gasteiger partial charge is 0.324 e. The SMILES string of the molecule is C=Cc1nc(C)c(-c2ccnc(Nc3cccc(C)c3)n2)s1. The molecule has 0 saturated heterocycles. The standard InChI is InChI=1S/C17H16N4S/c1-4-15-19-12(3)16(22-15)14-8-9-18-17(21-14)20-13-7-5-6-11(2)10-13/h4-10H,1H2,2-3H3,(H,18,20,21). The Labute approximate surface area is 133 Å². The average molecular weight is 308 g/mol. The number of nitrogens with zero attached hydrogens (tertiary/aromatic N) is 3. The molecule has 0 amide bonds. The van der Waals surface area contributed by atoms with E-state index in [0.29, 0.717) is 5.95 Å². The van der Waals surface area contributed by atoms with Crippen molar-refractivity contribution < 1.29 is 0 Å². The first kappa shape index (κ1) is 14.4. The van der Waals surface area contributed by atoms with Crippen LogP contribution < -0.4 is 5.32 Å². The molecule has 0 aliphatic carbocycles. The predicted octanol–water partition coefficient (Wildman–Crippen LogP) is 4.60. The van der Waals surface area contributed by atoms with Crippen molar-refractivity contribution in [2.45, 2.75) is 13.8 Å². The molecule has 110 valence electrons. The number of nitrogens with one attached hydrogen (secondary N) is 1. The topological polar surface area (TPSA) is 50.7 Å². The first-order valence-electron chi connectivity index (χ1n) is 6.92. The molecule has 5 heteroatoms. The Morgan fingerprint density at radius 2 is 2.05 bits per heavy atom. The lowest BCUT2D eigenvalue weighted by molar-refractivity contribution is 1.16. The van der Waals surface area contributed by atoms with Gasteiger partial charge < -0.3 is 5.32 Å². The smallest absolute Gasteiger partial charge is 0.227 e. The molecule has 0 saturated carbocycles. The number of aryl methyl sites for hydroxylation is 2. The van der Waals surface area contributed by atoms with Crippen LogP contribution in [0.1, 0.15) is 16.3 Å². The first-order valence-corrected chi connectivity index (χ1v) is 7.74. The molecule has 2 aromatic heterocycles. The minimum atomic E-state index is 0.580. The molecule has 1 N–H and O–H groups in total. The molecule has 0 unspecified atom stereocenters. The van der Waals surface area contributed by atoms with Crippen LogP contribution in [0.4, 0.5) is 11.6 Å². The molecule has 0 aliphatic rings. The van der Waals surface area contributed by atoms with Gasteiger partial charge in [-0.25, -0.2) is 15.0 Å². The van der Waals surface area contributed by atoms with E-state index in [1.165, 1.54) is 5.56 Å². The summed E-state index contributed by atoms with van der Waals surface area (Å²) in [6.07, 6.45) is 3.52. The summed E-state index contributed by atoms with van der Waals surface area (Å²) in [4.78, 5) is 14.4. The maximum atomic E-state index is 4.59. The van der Waals surface area contributed by atoms with Gasteiger partial charge in [0, 0.05) is 11.9 Å². The van der Waals surface area contributed by atoms with Crippen LogP contribution in [0.25, 0.3) is 16.6 Å². The fraction of sp³-hybridized carbons (Fsp3) is 0.118. The number of thiazole rings is 1. The molecule has 3 aromatic rings. The lowest BCUT2D eigenvalue weighted by Gasteiger charge is -2.06. The summed E-state index contributed by atoms with van der Waals surface area (Å²) in [5.41, 5.74) is 3.99. The summed E-state index contributed by atoms with van der Waals surface area (Å²) in [5.74, 6) is 0.580. The van der Waals surface area contributed by atoms with E-state index in [9.17, 15) is 0 Å². The molecule has 3 rings (SSSR count). The van der Waals surface area contributed by atoms with Crippen LogP contribution in [0, 0.1) is 13.8 Å². The van der Waals surface area contributed by atoms with Crippen molar-refractivity contribution in [1.82, 2.24) is 15.0 Å². The Bertz CT molecular complexity index is 823. The Morgan fingerprint density at radius 3 is 2.77 bits per heavy atom. The van der Waals surface area contributed by atoms with Crippen molar-refractivity contribution in [1.29, 1.82) is 0 Å². The third-order valence-corrected chi connectivity index (χ3v) is 4.33. The van der Waals surface area contributed by atoms with Crippen LogP contribution in [0.3, 0.4) is 0 Å². The molecule has 0 fully saturated rings. The van der Waals surface area contributed by atoms with Crippen LogP contribution in [0.2, 0.25) is 0 Å². The van der Waals surface area contributed by atoms with E-state index in [2.05, 4.69) is 45.9 Å². The van der Waals surface area contributed by atoms with Gasteiger partial charge in [-0.05, 0) is 43.7 Å². The third-order valence-electron chi connectivity index (χ3n) is 3.15. The Hall–Kier alpha value is -2.53. The molecule has 4 nitrogen and oxygen atoms in total. The fourth-order valence-electron chi connectivity index (χ4n) is 2.14. The summed E-state index contributed by atoms with van der Waals surface area (Å²) in [7, 11) is 0. The number of aromatic nitrogens is 3. The molecule has 0 radical (unpaired) electrons. The van der Waals surface area contributed by atoms with Crippen LogP contribution in [0.15, 0.2) is 43.1 Å². The van der Waals surface area contributed by atoms with E-state index in [0.717, 1.165) is 27.0 Å². The zero-order valence-electron chi connectivity index (χ0n) is 12.5. The molecule has 0 bridgehead atoms. The third kappa shape index (κ3) is 3.04. The Kier molecular flexibility index (Phi) is 3.98.